The molecular formula is C17H13Cl2FO. The Labute approximate surface area is 133 Å². The topological polar surface area (TPSA) is 9.23 Å². The van der Waals surface area contributed by atoms with Gasteiger partial charge in [0.1, 0.15) is 18.2 Å². The third-order valence-corrected chi connectivity index (χ3v) is 3.19. The third-order valence-electron chi connectivity index (χ3n) is 2.70. The van der Waals surface area contributed by atoms with Gasteiger partial charge in [-0.15, -0.1) is 11.6 Å². The van der Waals surface area contributed by atoms with Gasteiger partial charge in [-0.3, -0.25) is 0 Å². The maximum atomic E-state index is 13.3. The summed E-state index contributed by atoms with van der Waals surface area (Å²) in [6.07, 6.45) is 0.669. The summed E-state index contributed by atoms with van der Waals surface area (Å²) in [7, 11) is 0. The molecule has 4 heteroatoms. The van der Waals surface area contributed by atoms with Crippen LogP contribution in [0.1, 0.15) is 17.5 Å². The molecule has 0 aliphatic rings. The van der Waals surface area contributed by atoms with E-state index in [0.29, 0.717) is 18.1 Å². The Morgan fingerprint density at radius 3 is 2.52 bits per heavy atom. The summed E-state index contributed by atoms with van der Waals surface area (Å²) in [4.78, 5) is 0. The zero-order valence-corrected chi connectivity index (χ0v) is 12.7. The van der Waals surface area contributed by atoms with Crippen LogP contribution in [0.2, 0.25) is 5.02 Å². The molecule has 0 aliphatic heterocycles. The Balaban J connectivity index is 1.94. The number of halogens is 3. The summed E-state index contributed by atoms with van der Waals surface area (Å²) in [5, 5.41) is 0.110. The highest BCUT2D eigenvalue weighted by Crippen LogP contribution is 2.18. The first-order valence-corrected chi connectivity index (χ1v) is 7.32. The van der Waals surface area contributed by atoms with Gasteiger partial charge in [0, 0.05) is 17.9 Å². The lowest BCUT2D eigenvalue weighted by molar-refractivity contribution is 0.305. The minimum Gasteiger partial charge on any atom is -0.489 e. The molecule has 21 heavy (non-hydrogen) atoms. The van der Waals surface area contributed by atoms with E-state index in [9.17, 15) is 4.39 Å². The Bertz CT molecular complexity index is 657. The van der Waals surface area contributed by atoms with Gasteiger partial charge >= 0.3 is 0 Å². The second-order valence-electron chi connectivity index (χ2n) is 4.30. The summed E-state index contributed by atoms with van der Waals surface area (Å²) in [5.74, 6) is 6.76. The summed E-state index contributed by atoms with van der Waals surface area (Å²) in [6.45, 7) is 0.283. The van der Waals surface area contributed by atoms with Gasteiger partial charge in [-0.25, -0.2) is 4.39 Å². The zero-order chi connectivity index (χ0) is 15.1. The molecule has 0 aliphatic carbocycles. The lowest BCUT2D eigenvalue weighted by Crippen LogP contribution is -1.96. The van der Waals surface area contributed by atoms with Gasteiger partial charge in [0.25, 0.3) is 0 Å². The number of rotatable bonds is 4. The van der Waals surface area contributed by atoms with E-state index in [1.54, 1.807) is 6.07 Å². The first-order valence-electron chi connectivity index (χ1n) is 6.40. The molecule has 0 bridgehead atoms. The fourth-order valence-electron chi connectivity index (χ4n) is 1.64. The van der Waals surface area contributed by atoms with Gasteiger partial charge < -0.3 is 4.74 Å². The van der Waals surface area contributed by atoms with E-state index in [4.69, 9.17) is 27.9 Å². The van der Waals surface area contributed by atoms with Crippen molar-refractivity contribution in [2.24, 2.45) is 0 Å². The summed E-state index contributed by atoms with van der Waals surface area (Å²) in [6, 6.07) is 12.0. The number of alkyl halides is 1. The summed E-state index contributed by atoms with van der Waals surface area (Å²) < 4.78 is 18.9. The van der Waals surface area contributed by atoms with Crippen LogP contribution in [0.5, 0.6) is 5.75 Å². The molecule has 0 radical (unpaired) electrons. The molecule has 0 heterocycles. The second kappa shape index (κ2) is 7.93. The van der Waals surface area contributed by atoms with Crippen LogP contribution in [0.4, 0.5) is 4.39 Å². The van der Waals surface area contributed by atoms with Crippen molar-refractivity contribution in [1.82, 2.24) is 0 Å². The molecule has 1 nitrogen and oxygen atoms in total. The normalized spacial score (nSPS) is 9.86. The second-order valence-corrected chi connectivity index (χ2v) is 5.09. The molecule has 0 amide bonds. The quantitative estimate of drug-likeness (QED) is 0.566. The first-order chi connectivity index (χ1) is 10.2. The highest BCUT2D eigenvalue weighted by atomic mass is 35.5. The van der Waals surface area contributed by atoms with Crippen molar-refractivity contribution in [3.8, 4) is 17.6 Å². The van der Waals surface area contributed by atoms with Gasteiger partial charge in [0.2, 0.25) is 0 Å². The molecule has 0 fully saturated rings. The van der Waals surface area contributed by atoms with Crippen molar-refractivity contribution in [1.29, 1.82) is 0 Å². The van der Waals surface area contributed by atoms with Crippen molar-refractivity contribution in [3.05, 3.63) is 64.4 Å². The average molecular weight is 323 g/mol. The predicted molar refractivity (Wildman–Crippen MR) is 84.4 cm³/mol. The smallest absolute Gasteiger partial charge is 0.142 e. The van der Waals surface area contributed by atoms with E-state index >= 15 is 0 Å². The van der Waals surface area contributed by atoms with Crippen molar-refractivity contribution in [3.63, 3.8) is 0 Å². The lowest BCUT2D eigenvalue weighted by Gasteiger charge is -2.07. The van der Waals surface area contributed by atoms with Gasteiger partial charge in [0.15, 0.2) is 0 Å². The minimum absolute atomic E-state index is 0.110. The van der Waals surface area contributed by atoms with Crippen LogP contribution < -0.4 is 4.74 Å². The van der Waals surface area contributed by atoms with E-state index in [2.05, 4.69) is 11.8 Å². The Morgan fingerprint density at radius 2 is 1.86 bits per heavy atom. The third kappa shape index (κ3) is 4.97. The van der Waals surface area contributed by atoms with Crippen LogP contribution in [0.15, 0.2) is 42.5 Å². The van der Waals surface area contributed by atoms with Crippen LogP contribution in [-0.4, -0.2) is 5.88 Å². The Hall–Kier alpha value is -1.69. The van der Waals surface area contributed by atoms with Crippen molar-refractivity contribution in [2.45, 2.75) is 13.0 Å². The number of ether oxygens (including phenoxy) is 1. The standard InChI is InChI=1S/C17H13Cl2FO/c18-10-2-1-3-13-4-7-15(8-5-13)21-12-14-6-9-16(19)17(20)11-14/h4-9,11H,2,10,12H2. The van der Waals surface area contributed by atoms with Gasteiger partial charge in [-0.1, -0.05) is 29.5 Å². The maximum Gasteiger partial charge on any atom is 0.142 e. The molecule has 0 spiro atoms. The minimum atomic E-state index is -0.442. The van der Waals surface area contributed by atoms with Crippen molar-refractivity contribution < 1.29 is 9.13 Å². The molecule has 0 saturated heterocycles. The van der Waals surface area contributed by atoms with E-state index in [0.717, 1.165) is 11.1 Å². The summed E-state index contributed by atoms with van der Waals surface area (Å²) in [5.41, 5.74) is 1.63. The highest BCUT2D eigenvalue weighted by molar-refractivity contribution is 6.30. The van der Waals surface area contributed by atoms with E-state index < -0.39 is 5.82 Å². The fraction of sp³-hybridized carbons (Fsp3) is 0.176. The average Bonchev–Trinajstić information content (AvgIpc) is 2.50. The number of hydrogen-bond acceptors (Lipinski definition) is 1. The Kier molecular flexibility index (Phi) is 5.92. The molecular weight excluding hydrogens is 310 g/mol. The zero-order valence-electron chi connectivity index (χ0n) is 11.2. The molecule has 2 aromatic rings. The van der Waals surface area contributed by atoms with Crippen LogP contribution in [0.25, 0.3) is 0 Å². The lowest BCUT2D eigenvalue weighted by atomic mass is 10.2. The van der Waals surface area contributed by atoms with Crippen LogP contribution in [0, 0.1) is 17.7 Å². The predicted octanol–water partition coefficient (Wildman–Crippen LogP) is 5.04. The molecule has 0 aromatic heterocycles. The van der Waals surface area contributed by atoms with Gasteiger partial charge in [0.05, 0.1) is 5.02 Å². The van der Waals surface area contributed by atoms with Gasteiger partial charge in [-0.05, 0) is 42.0 Å². The molecule has 0 saturated carbocycles. The summed E-state index contributed by atoms with van der Waals surface area (Å²) >= 11 is 11.2. The van der Waals surface area contributed by atoms with E-state index in [-0.39, 0.29) is 11.6 Å². The van der Waals surface area contributed by atoms with E-state index in [1.807, 2.05) is 24.3 Å². The number of benzene rings is 2. The molecule has 2 aromatic carbocycles. The molecule has 0 atom stereocenters. The monoisotopic (exact) mass is 322 g/mol. The largest absolute Gasteiger partial charge is 0.489 e. The fourth-order valence-corrected chi connectivity index (χ4v) is 1.85. The molecule has 0 unspecified atom stereocenters. The molecule has 2 rings (SSSR count). The van der Waals surface area contributed by atoms with Gasteiger partial charge in [-0.2, -0.15) is 0 Å². The Morgan fingerprint density at radius 1 is 1.10 bits per heavy atom. The van der Waals surface area contributed by atoms with Crippen LogP contribution in [-0.2, 0) is 6.61 Å². The number of hydrogen-bond donors (Lipinski definition) is 0. The molecule has 108 valence electrons. The van der Waals surface area contributed by atoms with Crippen molar-refractivity contribution in [2.75, 3.05) is 5.88 Å². The first kappa shape index (κ1) is 15.7. The molecule has 0 N–H and O–H groups in total. The SMILES string of the molecule is Fc1cc(COc2ccc(C#CCCCl)cc2)ccc1Cl. The van der Waals surface area contributed by atoms with Crippen LogP contribution in [0.3, 0.4) is 0 Å². The maximum absolute atomic E-state index is 13.3. The van der Waals surface area contributed by atoms with Crippen molar-refractivity contribution >= 4 is 23.2 Å². The highest BCUT2D eigenvalue weighted by Gasteiger charge is 2.02. The van der Waals surface area contributed by atoms with E-state index in [1.165, 1.54) is 12.1 Å². The van der Waals surface area contributed by atoms with Crippen LogP contribution >= 0.6 is 23.2 Å².